The zero-order valence-corrected chi connectivity index (χ0v) is 18.9. The Balaban J connectivity index is 1.89. The maximum atomic E-state index is 12.6. The smallest absolute Gasteiger partial charge is 0.338 e. The predicted octanol–water partition coefficient (Wildman–Crippen LogP) is 2.68. The highest BCUT2D eigenvalue weighted by molar-refractivity contribution is 7.89. The molecule has 0 spiro atoms. The summed E-state index contributed by atoms with van der Waals surface area (Å²) in [6.07, 6.45) is 0. The van der Waals surface area contributed by atoms with E-state index < -0.39 is 16.0 Å². The fourth-order valence-corrected chi connectivity index (χ4v) is 4.05. The van der Waals surface area contributed by atoms with Gasteiger partial charge in [0, 0.05) is 26.7 Å². The van der Waals surface area contributed by atoms with Gasteiger partial charge in [-0.1, -0.05) is 0 Å². The Morgan fingerprint density at radius 1 is 1.06 bits per heavy atom. The minimum atomic E-state index is -3.58. The van der Waals surface area contributed by atoms with Crippen LogP contribution in [-0.4, -0.2) is 56.6 Å². The van der Waals surface area contributed by atoms with Gasteiger partial charge in [-0.25, -0.2) is 22.5 Å². The minimum absolute atomic E-state index is 0.0728. The van der Waals surface area contributed by atoms with Crippen molar-refractivity contribution in [1.29, 1.82) is 0 Å². The molecule has 0 saturated heterocycles. The van der Waals surface area contributed by atoms with Crippen molar-refractivity contribution in [3.05, 3.63) is 47.8 Å². The third-order valence-corrected chi connectivity index (χ3v) is 6.62. The molecule has 0 aliphatic carbocycles. The zero-order chi connectivity index (χ0) is 22.8. The normalized spacial score (nSPS) is 11.7. The Hall–Kier alpha value is -3.11. The van der Waals surface area contributed by atoms with E-state index in [9.17, 15) is 13.2 Å². The van der Waals surface area contributed by atoms with Gasteiger partial charge < -0.3 is 18.8 Å². The Bertz CT molecular complexity index is 1200. The van der Waals surface area contributed by atoms with Crippen LogP contribution in [0.25, 0.3) is 11.0 Å². The van der Waals surface area contributed by atoms with Gasteiger partial charge in [-0.3, -0.25) is 0 Å². The topological polar surface area (TPSA) is 100.0 Å². The SMILES string of the molecule is CCn1c(COC(=O)c2cc(OC)cc(OC)c2)nc2cc(S(=O)(=O)N(C)C)ccc21. The van der Waals surface area contributed by atoms with Crippen LogP contribution >= 0.6 is 0 Å². The molecular formula is C21H25N3O6S. The van der Waals surface area contributed by atoms with Crippen LogP contribution in [0.3, 0.4) is 0 Å². The molecule has 0 aliphatic rings. The Labute approximate surface area is 181 Å². The molecule has 0 saturated carbocycles. The number of hydrogen-bond acceptors (Lipinski definition) is 7. The average molecular weight is 448 g/mol. The summed E-state index contributed by atoms with van der Waals surface area (Å²) in [7, 11) is 2.37. The highest BCUT2D eigenvalue weighted by Crippen LogP contribution is 2.25. The molecule has 3 aromatic rings. The summed E-state index contributed by atoms with van der Waals surface area (Å²) in [5, 5.41) is 0. The van der Waals surface area contributed by atoms with Gasteiger partial charge in [-0.15, -0.1) is 0 Å². The molecule has 0 atom stereocenters. The van der Waals surface area contributed by atoms with Crippen LogP contribution in [0.2, 0.25) is 0 Å². The van der Waals surface area contributed by atoms with Gasteiger partial charge >= 0.3 is 5.97 Å². The molecule has 0 unspecified atom stereocenters. The summed E-state index contributed by atoms with van der Waals surface area (Å²) in [5.74, 6) is 0.909. The van der Waals surface area contributed by atoms with Crippen LogP contribution in [0.5, 0.6) is 11.5 Å². The second-order valence-electron chi connectivity index (χ2n) is 6.89. The molecule has 0 bridgehead atoms. The molecule has 0 amide bonds. The van der Waals surface area contributed by atoms with Gasteiger partial charge in [0.05, 0.1) is 35.7 Å². The Morgan fingerprint density at radius 2 is 1.71 bits per heavy atom. The van der Waals surface area contributed by atoms with E-state index >= 15 is 0 Å². The van der Waals surface area contributed by atoms with E-state index in [2.05, 4.69) is 4.98 Å². The quantitative estimate of drug-likeness (QED) is 0.490. The number of nitrogens with zero attached hydrogens (tertiary/aromatic N) is 3. The molecule has 0 fully saturated rings. The van der Waals surface area contributed by atoms with Crippen molar-refractivity contribution >= 4 is 27.0 Å². The molecule has 1 aromatic heterocycles. The number of rotatable bonds is 8. The van der Waals surface area contributed by atoms with Crippen LogP contribution in [0.15, 0.2) is 41.3 Å². The molecular weight excluding hydrogens is 422 g/mol. The molecule has 0 N–H and O–H groups in total. The number of carbonyl (C=O) groups is 1. The van der Waals surface area contributed by atoms with E-state index in [1.807, 2.05) is 11.5 Å². The summed E-state index contributed by atoms with van der Waals surface area (Å²) in [5.41, 5.74) is 1.56. The van der Waals surface area contributed by atoms with Crippen molar-refractivity contribution < 1.29 is 27.4 Å². The lowest BCUT2D eigenvalue weighted by Gasteiger charge is -2.11. The van der Waals surface area contributed by atoms with Crippen molar-refractivity contribution in [2.24, 2.45) is 0 Å². The van der Waals surface area contributed by atoms with Gasteiger partial charge in [0.2, 0.25) is 10.0 Å². The van der Waals surface area contributed by atoms with E-state index in [1.54, 1.807) is 30.3 Å². The second kappa shape index (κ2) is 8.94. The molecule has 0 aliphatic heterocycles. The van der Waals surface area contributed by atoms with Crippen molar-refractivity contribution in [2.75, 3.05) is 28.3 Å². The number of aryl methyl sites for hydroxylation is 1. The maximum Gasteiger partial charge on any atom is 0.338 e. The molecule has 0 radical (unpaired) electrons. The summed E-state index contributed by atoms with van der Waals surface area (Å²) >= 11 is 0. The monoisotopic (exact) mass is 447 g/mol. The van der Waals surface area contributed by atoms with Crippen LogP contribution < -0.4 is 9.47 Å². The van der Waals surface area contributed by atoms with Crippen LogP contribution in [0.4, 0.5) is 0 Å². The number of carbonyl (C=O) groups excluding carboxylic acids is 1. The third kappa shape index (κ3) is 4.49. The van der Waals surface area contributed by atoms with Gasteiger partial charge in [-0.2, -0.15) is 0 Å². The second-order valence-corrected chi connectivity index (χ2v) is 9.04. The number of benzene rings is 2. The van der Waals surface area contributed by atoms with E-state index in [0.717, 1.165) is 9.82 Å². The highest BCUT2D eigenvalue weighted by atomic mass is 32.2. The average Bonchev–Trinajstić information content (AvgIpc) is 3.13. The number of sulfonamides is 1. The first-order valence-corrected chi connectivity index (χ1v) is 11.0. The fourth-order valence-electron chi connectivity index (χ4n) is 3.13. The van der Waals surface area contributed by atoms with Gasteiger partial charge in [0.15, 0.2) is 0 Å². The molecule has 3 rings (SSSR count). The summed E-state index contributed by atoms with van der Waals surface area (Å²) in [6, 6.07) is 9.56. The largest absolute Gasteiger partial charge is 0.497 e. The molecule has 2 aromatic carbocycles. The number of ether oxygens (including phenoxy) is 3. The molecule has 1 heterocycles. The van der Waals surface area contributed by atoms with Gasteiger partial charge in [-0.05, 0) is 37.3 Å². The molecule has 31 heavy (non-hydrogen) atoms. The van der Waals surface area contributed by atoms with Crippen LogP contribution in [0.1, 0.15) is 23.1 Å². The predicted molar refractivity (Wildman–Crippen MR) is 115 cm³/mol. The van der Waals surface area contributed by atoms with Crippen molar-refractivity contribution in [2.45, 2.75) is 25.0 Å². The van der Waals surface area contributed by atoms with E-state index in [0.29, 0.717) is 29.4 Å². The fraction of sp³-hybridized carbons (Fsp3) is 0.333. The van der Waals surface area contributed by atoms with E-state index in [-0.39, 0.29) is 17.1 Å². The van der Waals surface area contributed by atoms with E-state index in [1.165, 1.54) is 34.4 Å². The number of hydrogen-bond donors (Lipinski definition) is 0. The van der Waals surface area contributed by atoms with Gasteiger partial charge in [0.25, 0.3) is 0 Å². The maximum absolute atomic E-state index is 12.6. The first kappa shape index (κ1) is 22.6. The van der Waals surface area contributed by atoms with Crippen LogP contribution in [0, 0.1) is 0 Å². The first-order valence-electron chi connectivity index (χ1n) is 9.53. The lowest BCUT2D eigenvalue weighted by Crippen LogP contribution is -2.22. The van der Waals surface area contributed by atoms with E-state index in [4.69, 9.17) is 14.2 Å². The Kier molecular flexibility index (Phi) is 6.51. The standard InChI is InChI=1S/C21H25N3O6S/c1-6-24-19-8-7-17(31(26,27)23(2)3)12-18(19)22-20(24)13-30-21(25)14-9-15(28-4)11-16(10-14)29-5/h7-12H,6,13H2,1-5H3. The molecule has 10 heteroatoms. The third-order valence-electron chi connectivity index (χ3n) is 4.81. The number of imidazole rings is 1. The first-order chi connectivity index (χ1) is 14.7. The number of methoxy groups -OCH3 is 2. The lowest BCUT2D eigenvalue weighted by atomic mass is 10.2. The zero-order valence-electron chi connectivity index (χ0n) is 18.1. The van der Waals surface area contributed by atoms with Crippen molar-refractivity contribution in [3.63, 3.8) is 0 Å². The summed E-state index contributed by atoms with van der Waals surface area (Å²) in [4.78, 5) is 17.2. The summed E-state index contributed by atoms with van der Waals surface area (Å²) < 4.78 is 43.7. The molecule has 166 valence electrons. The highest BCUT2D eigenvalue weighted by Gasteiger charge is 2.20. The van der Waals surface area contributed by atoms with Crippen molar-refractivity contribution in [3.8, 4) is 11.5 Å². The van der Waals surface area contributed by atoms with Gasteiger partial charge in [0.1, 0.15) is 23.9 Å². The number of esters is 1. The molecule has 9 nitrogen and oxygen atoms in total. The van der Waals surface area contributed by atoms with Crippen molar-refractivity contribution in [1.82, 2.24) is 13.9 Å². The number of aromatic nitrogens is 2. The summed E-state index contributed by atoms with van der Waals surface area (Å²) in [6.45, 7) is 2.44. The Morgan fingerprint density at radius 3 is 2.26 bits per heavy atom. The van der Waals surface area contributed by atoms with Crippen LogP contribution in [-0.2, 0) is 27.9 Å². The number of fused-ring (bicyclic) bond motifs is 1. The lowest BCUT2D eigenvalue weighted by molar-refractivity contribution is 0.0458. The minimum Gasteiger partial charge on any atom is -0.497 e.